The largest absolute Gasteiger partial charge is 0.463 e. The number of ether oxygens (including phenoxy) is 1. The maximum atomic E-state index is 11.0. The maximum Gasteiger partial charge on any atom is 0.330 e. The molecule has 0 bridgehead atoms. The number of carbonyl (C=O) groups excluding carboxylic acids is 1. The highest BCUT2D eigenvalue weighted by molar-refractivity contribution is 9.10. The summed E-state index contributed by atoms with van der Waals surface area (Å²) >= 11 is 3.51. The summed E-state index contributed by atoms with van der Waals surface area (Å²) in [6.07, 6.45) is 3.17. The molecule has 0 fully saturated rings. The summed E-state index contributed by atoms with van der Waals surface area (Å²) in [6.45, 7) is 4.80. The van der Waals surface area contributed by atoms with E-state index in [9.17, 15) is 4.79 Å². The lowest BCUT2D eigenvalue weighted by molar-refractivity contribution is -0.137. The van der Waals surface area contributed by atoms with Crippen molar-refractivity contribution in [1.29, 1.82) is 0 Å². The maximum absolute atomic E-state index is 11.0. The molecule has 0 atom stereocenters. The smallest absolute Gasteiger partial charge is 0.330 e. The molecule has 0 aliphatic rings. The van der Waals surface area contributed by atoms with E-state index >= 15 is 0 Å². The third kappa shape index (κ3) is 4.61. The molecular weight excluding hydrogens is 282 g/mol. The van der Waals surface area contributed by atoms with Crippen molar-refractivity contribution in [2.45, 2.75) is 13.8 Å². The van der Waals surface area contributed by atoms with Gasteiger partial charge < -0.3 is 10.1 Å². The van der Waals surface area contributed by atoms with E-state index < -0.39 is 0 Å². The number of carbonyl (C=O) groups is 1. The van der Waals surface area contributed by atoms with E-state index in [-0.39, 0.29) is 5.97 Å². The van der Waals surface area contributed by atoms with Crippen LogP contribution in [0.1, 0.15) is 12.5 Å². The van der Waals surface area contributed by atoms with Crippen molar-refractivity contribution >= 4 is 27.6 Å². The van der Waals surface area contributed by atoms with Gasteiger partial charge in [-0.2, -0.15) is 0 Å². The van der Waals surface area contributed by atoms with Crippen LogP contribution >= 0.6 is 15.9 Å². The van der Waals surface area contributed by atoms with Crippen LogP contribution in [0.25, 0.3) is 0 Å². The molecule has 0 unspecified atom stereocenters. The zero-order valence-corrected chi connectivity index (χ0v) is 11.6. The monoisotopic (exact) mass is 297 g/mol. The first-order chi connectivity index (χ1) is 8.15. The number of benzene rings is 1. The molecule has 0 saturated carbocycles. The highest BCUT2D eigenvalue weighted by Gasteiger charge is 2.00. The minimum atomic E-state index is -0.308. The SMILES string of the molecule is CCOC(=O)/C=C/CNc1cccc(C)c1Br. The predicted molar refractivity (Wildman–Crippen MR) is 73.1 cm³/mol. The fourth-order valence-electron chi connectivity index (χ4n) is 1.30. The summed E-state index contributed by atoms with van der Waals surface area (Å²) in [4.78, 5) is 11.0. The fourth-order valence-corrected chi connectivity index (χ4v) is 1.70. The summed E-state index contributed by atoms with van der Waals surface area (Å²) in [5.41, 5.74) is 2.18. The van der Waals surface area contributed by atoms with Gasteiger partial charge in [0, 0.05) is 22.8 Å². The Morgan fingerprint density at radius 3 is 3.00 bits per heavy atom. The van der Waals surface area contributed by atoms with Crippen molar-refractivity contribution in [1.82, 2.24) is 0 Å². The third-order valence-electron chi connectivity index (χ3n) is 2.14. The van der Waals surface area contributed by atoms with Crippen LogP contribution in [0.3, 0.4) is 0 Å². The van der Waals surface area contributed by atoms with Crippen LogP contribution in [0.4, 0.5) is 5.69 Å². The van der Waals surface area contributed by atoms with E-state index in [1.54, 1.807) is 13.0 Å². The molecule has 0 aromatic heterocycles. The summed E-state index contributed by atoms with van der Waals surface area (Å²) in [5.74, 6) is -0.308. The molecule has 0 radical (unpaired) electrons. The minimum absolute atomic E-state index is 0.308. The number of anilines is 1. The topological polar surface area (TPSA) is 38.3 Å². The van der Waals surface area contributed by atoms with Crippen LogP contribution in [0.2, 0.25) is 0 Å². The molecule has 1 aromatic rings. The quantitative estimate of drug-likeness (QED) is 0.669. The molecule has 0 aliphatic carbocycles. The highest BCUT2D eigenvalue weighted by atomic mass is 79.9. The van der Waals surface area contributed by atoms with Gasteiger partial charge in [0.1, 0.15) is 0 Å². The molecule has 0 aliphatic heterocycles. The molecule has 1 N–H and O–H groups in total. The average molecular weight is 298 g/mol. The van der Waals surface area contributed by atoms with E-state index in [0.29, 0.717) is 13.2 Å². The molecule has 1 aromatic carbocycles. The third-order valence-corrected chi connectivity index (χ3v) is 3.20. The average Bonchev–Trinajstić information content (AvgIpc) is 2.30. The number of hydrogen-bond acceptors (Lipinski definition) is 3. The van der Waals surface area contributed by atoms with E-state index in [1.807, 2.05) is 25.1 Å². The Kier molecular flexibility index (Phi) is 5.77. The second-order valence-electron chi connectivity index (χ2n) is 3.47. The van der Waals surface area contributed by atoms with Gasteiger partial charge in [-0.15, -0.1) is 0 Å². The first-order valence-electron chi connectivity index (χ1n) is 5.47. The minimum Gasteiger partial charge on any atom is -0.463 e. The lowest BCUT2D eigenvalue weighted by Crippen LogP contribution is -2.03. The second kappa shape index (κ2) is 7.12. The standard InChI is InChI=1S/C13H16BrNO2/c1-3-17-12(16)8-5-9-15-11-7-4-6-10(2)13(11)14/h4-8,15H,3,9H2,1-2H3/b8-5+. The first-order valence-corrected chi connectivity index (χ1v) is 6.26. The van der Waals surface area contributed by atoms with Gasteiger partial charge >= 0.3 is 5.97 Å². The Hall–Kier alpha value is -1.29. The van der Waals surface area contributed by atoms with Crippen LogP contribution in [-0.2, 0) is 9.53 Å². The summed E-state index contributed by atoms with van der Waals surface area (Å²) in [7, 11) is 0. The van der Waals surface area contributed by atoms with Crippen molar-refractivity contribution < 1.29 is 9.53 Å². The van der Waals surface area contributed by atoms with Gasteiger partial charge in [0.05, 0.1) is 6.61 Å². The van der Waals surface area contributed by atoms with Crippen molar-refractivity contribution in [3.63, 3.8) is 0 Å². The summed E-state index contributed by atoms with van der Waals surface area (Å²) < 4.78 is 5.82. The van der Waals surface area contributed by atoms with Crippen LogP contribution in [0.5, 0.6) is 0 Å². The molecule has 0 saturated heterocycles. The lowest BCUT2D eigenvalue weighted by atomic mass is 10.2. The van der Waals surface area contributed by atoms with Gasteiger partial charge in [0.25, 0.3) is 0 Å². The number of aryl methyl sites for hydroxylation is 1. The van der Waals surface area contributed by atoms with Crippen LogP contribution in [0.15, 0.2) is 34.8 Å². The number of hydrogen-bond donors (Lipinski definition) is 1. The summed E-state index contributed by atoms with van der Waals surface area (Å²) in [6, 6.07) is 6.00. The normalized spacial score (nSPS) is 10.5. The van der Waals surface area contributed by atoms with Gasteiger partial charge in [-0.05, 0) is 41.4 Å². The van der Waals surface area contributed by atoms with Crippen LogP contribution in [0, 0.1) is 6.92 Å². The number of halogens is 1. The van der Waals surface area contributed by atoms with E-state index in [4.69, 9.17) is 4.74 Å². The molecule has 1 rings (SSSR count). The highest BCUT2D eigenvalue weighted by Crippen LogP contribution is 2.25. The number of rotatable bonds is 5. The van der Waals surface area contributed by atoms with E-state index in [2.05, 4.69) is 21.2 Å². The van der Waals surface area contributed by atoms with E-state index in [0.717, 1.165) is 10.2 Å². The Morgan fingerprint density at radius 1 is 1.53 bits per heavy atom. The van der Waals surface area contributed by atoms with E-state index in [1.165, 1.54) is 11.6 Å². The second-order valence-corrected chi connectivity index (χ2v) is 4.26. The van der Waals surface area contributed by atoms with Gasteiger partial charge in [-0.1, -0.05) is 18.2 Å². The number of esters is 1. The molecular formula is C13H16BrNO2. The Labute approximate surface area is 110 Å². The Bertz CT molecular complexity index is 416. The molecule has 4 heteroatoms. The lowest BCUT2D eigenvalue weighted by Gasteiger charge is -2.07. The Balaban J connectivity index is 2.46. The van der Waals surface area contributed by atoms with Gasteiger partial charge in [-0.25, -0.2) is 4.79 Å². The zero-order chi connectivity index (χ0) is 12.7. The van der Waals surface area contributed by atoms with Crippen molar-refractivity contribution in [2.24, 2.45) is 0 Å². The molecule has 0 amide bonds. The van der Waals surface area contributed by atoms with Gasteiger partial charge in [0.2, 0.25) is 0 Å². The predicted octanol–water partition coefficient (Wildman–Crippen LogP) is 3.29. The van der Waals surface area contributed by atoms with Gasteiger partial charge in [0.15, 0.2) is 0 Å². The molecule has 92 valence electrons. The molecule has 17 heavy (non-hydrogen) atoms. The number of nitrogens with one attached hydrogen (secondary N) is 1. The molecule has 0 spiro atoms. The zero-order valence-electron chi connectivity index (χ0n) is 10.00. The molecule has 0 heterocycles. The molecule has 3 nitrogen and oxygen atoms in total. The van der Waals surface area contributed by atoms with Crippen molar-refractivity contribution in [3.05, 3.63) is 40.4 Å². The van der Waals surface area contributed by atoms with Crippen molar-refractivity contribution in [2.75, 3.05) is 18.5 Å². The fraction of sp³-hybridized carbons (Fsp3) is 0.308. The first kappa shape index (κ1) is 13.8. The van der Waals surface area contributed by atoms with Crippen LogP contribution in [-0.4, -0.2) is 19.1 Å². The van der Waals surface area contributed by atoms with Crippen LogP contribution < -0.4 is 5.32 Å². The summed E-state index contributed by atoms with van der Waals surface area (Å²) in [5, 5.41) is 3.21. The van der Waals surface area contributed by atoms with Gasteiger partial charge in [-0.3, -0.25) is 0 Å². The Morgan fingerprint density at radius 2 is 2.29 bits per heavy atom. The van der Waals surface area contributed by atoms with Crippen molar-refractivity contribution in [3.8, 4) is 0 Å².